The molecule has 0 saturated heterocycles. The SMILES string of the molecule is CC1=CC(c2ccccc2)N=CN1c1ccccc1. The number of anilines is 1. The van der Waals surface area contributed by atoms with Crippen LogP contribution < -0.4 is 4.90 Å². The average Bonchev–Trinajstić information content (AvgIpc) is 2.49. The second-order valence-electron chi connectivity index (χ2n) is 4.63. The van der Waals surface area contributed by atoms with Crippen molar-refractivity contribution in [1.29, 1.82) is 0 Å². The number of hydrogen-bond acceptors (Lipinski definition) is 2. The van der Waals surface area contributed by atoms with E-state index in [0.717, 1.165) is 5.69 Å². The van der Waals surface area contributed by atoms with Crippen molar-refractivity contribution >= 4 is 12.0 Å². The summed E-state index contributed by atoms with van der Waals surface area (Å²) in [6, 6.07) is 20.8. The smallest absolute Gasteiger partial charge is 0.0967 e. The molecule has 1 heterocycles. The summed E-state index contributed by atoms with van der Waals surface area (Å²) in [6.45, 7) is 2.12. The second kappa shape index (κ2) is 5.11. The molecule has 1 unspecified atom stereocenters. The lowest BCUT2D eigenvalue weighted by molar-refractivity contribution is 0.875. The lowest BCUT2D eigenvalue weighted by Gasteiger charge is -2.26. The van der Waals surface area contributed by atoms with E-state index in [9.17, 15) is 0 Å². The molecule has 19 heavy (non-hydrogen) atoms. The predicted molar refractivity (Wildman–Crippen MR) is 80.4 cm³/mol. The fraction of sp³-hybridized carbons (Fsp3) is 0.118. The van der Waals surface area contributed by atoms with Crippen LogP contribution in [-0.2, 0) is 0 Å². The van der Waals surface area contributed by atoms with Gasteiger partial charge in [0.2, 0.25) is 0 Å². The Kier molecular flexibility index (Phi) is 3.15. The van der Waals surface area contributed by atoms with E-state index in [4.69, 9.17) is 0 Å². The van der Waals surface area contributed by atoms with Crippen LogP contribution in [0, 0.1) is 0 Å². The highest BCUT2D eigenvalue weighted by Crippen LogP contribution is 2.27. The highest BCUT2D eigenvalue weighted by molar-refractivity contribution is 5.84. The Balaban J connectivity index is 1.87. The quantitative estimate of drug-likeness (QED) is 0.778. The van der Waals surface area contributed by atoms with Crippen LogP contribution in [-0.4, -0.2) is 6.34 Å². The average molecular weight is 248 g/mol. The molecule has 2 nitrogen and oxygen atoms in total. The van der Waals surface area contributed by atoms with Gasteiger partial charge in [0, 0.05) is 11.4 Å². The molecule has 1 atom stereocenters. The van der Waals surface area contributed by atoms with Crippen molar-refractivity contribution < 1.29 is 0 Å². The van der Waals surface area contributed by atoms with Crippen LogP contribution in [0.2, 0.25) is 0 Å². The molecule has 94 valence electrons. The molecule has 0 fully saturated rings. The fourth-order valence-corrected chi connectivity index (χ4v) is 2.27. The van der Waals surface area contributed by atoms with E-state index in [1.54, 1.807) is 0 Å². The molecule has 0 aromatic heterocycles. The first-order valence-corrected chi connectivity index (χ1v) is 6.45. The molecule has 0 N–H and O–H groups in total. The number of rotatable bonds is 2. The van der Waals surface area contributed by atoms with Crippen molar-refractivity contribution in [3.63, 3.8) is 0 Å². The van der Waals surface area contributed by atoms with Gasteiger partial charge in [-0.2, -0.15) is 0 Å². The summed E-state index contributed by atoms with van der Waals surface area (Å²) in [6.07, 6.45) is 4.12. The van der Waals surface area contributed by atoms with Crippen LogP contribution in [0.25, 0.3) is 0 Å². The normalized spacial score (nSPS) is 18.3. The fourth-order valence-electron chi connectivity index (χ4n) is 2.27. The van der Waals surface area contributed by atoms with E-state index in [1.807, 2.05) is 30.6 Å². The largest absolute Gasteiger partial charge is 0.306 e. The minimum absolute atomic E-state index is 0.126. The number of nitrogens with zero attached hydrogens (tertiary/aromatic N) is 2. The molecule has 0 amide bonds. The van der Waals surface area contributed by atoms with Gasteiger partial charge in [-0.1, -0.05) is 48.5 Å². The van der Waals surface area contributed by atoms with Gasteiger partial charge in [-0.15, -0.1) is 0 Å². The third kappa shape index (κ3) is 2.43. The van der Waals surface area contributed by atoms with Gasteiger partial charge in [0.1, 0.15) is 0 Å². The Morgan fingerprint density at radius 1 is 0.895 bits per heavy atom. The van der Waals surface area contributed by atoms with E-state index in [-0.39, 0.29) is 6.04 Å². The van der Waals surface area contributed by atoms with Crippen molar-refractivity contribution in [2.45, 2.75) is 13.0 Å². The number of benzene rings is 2. The first kappa shape index (κ1) is 11.7. The summed E-state index contributed by atoms with van der Waals surface area (Å²) in [7, 11) is 0. The maximum absolute atomic E-state index is 4.63. The monoisotopic (exact) mass is 248 g/mol. The second-order valence-corrected chi connectivity index (χ2v) is 4.63. The molecule has 2 aromatic carbocycles. The van der Waals surface area contributed by atoms with Gasteiger partial charge in [-0.05, 0) is 30.7 Å². The summed E-state index contributed by atoms with van der Waals surface area (Å²) in [5.74, 6) is 0. The van der Waals surface area contributed by atoms with Crippen molar-refractivity contribution in [1.82, 2.24) is 0 Å². The van der Waals surface area contributed by atoms with Crippen LogP contribution in [0.1, 0.15) is 18.5 Å². The van der Waals surface area contributed by atoms with E-state index in [1.165, 1.54) is 11.3 Å². The lowest BCUT2D eigenvalue weighted by Crippen LogP contribution is -2.22. The van der Waals surface area contributed by atoms with Crippen LogP contribution in [0.4, 0.5) is 5.69 Å². The van der Waals surface area contributed by atoms with Gasteiger partial charge < -0.3 is 4.90 Å². The molecular weight excluding hydrogens is 232 g/mol. The molecule has 0 aliphatic carbocycles. The molecule has 2 heteroatoms. The summed E-state index contributed by atoms with van der Waals surface area (Å²) in [5, 5.41) is 0. The number of aliphatic imine (C=N–C) groups is 1. The molecular formula is C17H16N2. The van der Waals surface area contributed by atoms with Gasteiger partial charge in [-0.3, -0.25) is 4.99 Å². The minimum Gasteiger partial charge on any atom is -0.306 e. The third-order valence-corrected chi connectivity index (χ3v) is 3.30. The highest BCUT2D eigenvalue weighted by atomic mass is 15.2. The van der Waals surface area contributed by atoms with Crippen LogP contribution >= 0.6 is 0 Å². The topological polar surface area (TPSA) is 15.6 Å². The van der Waals surface area contributed by atoms with Gasteiger partial charge >= 0.3 is 0 Å². The van der Waals surface area contributed by atoms with Crippen molar-refractivity contribution in [3.05, 3.63) is 78.0 Å². The van der Waals surface area contributed by atoms with Crippen LogP contribution in [0.15, 0.2) is 77.4 Å². The summed E-state index contributed by atoms with van der Waals surface area (Å²) in [4.78, 5) is 6.74. The Hall–Kier alpha value is -2.35. The maximum atomic E-state index is 4.63. The Morgan fingerprint density at radius 2 is 1.53 bits per heavy atom. The Labute approximate surface area is 113 Å². The van der Waals surface area contributed by atoms with Gasteiger partial charge in [0.05, 0.1) is 12.4 Å². The molecule has 0 spiro atoms. The first-order valence-electron chi connectivity index (χ1n) is 6.45. The maximum Gasteiger partial charge on any atom is 0.0967 e. The van der Waals surface area contributed by atoms with E-state index >= 15 is 0 Å². The predicted octanol–water partition coefficient (Wildman–Crippen LogP) is 4.18. The number of allylic oxidation sites excluding steroid dienone is 1. The molecule has 0 radical (unpaired) electrons. The van der Waals surface area contributed by atoms with Gasteiger partial charge in [0.25, 0.3) is 0 Å². The van der Waals surface area contributed by atoms with Crippen LogP contribution in [0.3, 0.4) is 0 Å². The van der Waals surface area contributed by atoms with Gasteiger partial charge in [0.15, 0.2) is 0 Å². The summed E-state index contributed by atoms with van der Waals surface area (Å²) in [5.41, 5.74) is 3.58. The number of para-hydroxylation sites is 1. The van der Waals surface area contributed by atoms with Crippen molar-refractivity contribution in [2.24, 2.45) is 4.99 Å². The molecule has 0 bridgehead atoms. The molecule has 1 aliphatic heterocycles. The molecule has 1 aliphatic rings. The third-order valence-electron chi connectivity index (χ3n) is 3.30. The highest BCUT2D eigenvalue weighted by Gasteiger charge is 2.15. The van der Waals surface area contributed by atoms with Gasteiger partial charge in [-0.25, -0.2) is 0 Å². The zero-order valence-corrected chi connectivity index (χ0v) is 10.9. The van der Waals surface area contributed by atoms with Crippen molar-refractivity contribution in [3.8, 4) is 0 Å². The summed E-state index contributed by atoms with van der Waals surface area (Å²) >= 11 is 0. The molecule has 2 aromatic rings. The summed E-state index contributed by atoms with van der Waals surface area (Å²) < 4.78 is 0. The van der Waals surface area contributed by atoms with Crippen LogP contribution in [0.5, 0.6) is 0 Å². The Morgan fingerprint density at radius 3 is 2.16 bits per heavy atom. The number of hydrogen-bond donors (Lipinski definition) is 0. The Bertz CT molecular complexity index is 600. The molecule has 0 saturated carbocycles. The minimum atomic E-state index is 0.126. The van der Waals surface area contributed by atoms with E-state index in [0.29, 0.717) is 0 Å². The zero-order valence-electron chi connectivity index (χ0n) is 10.9. The van der Waals surface area contributed by atoms with Crippen molar-refractivity contribution in [2.75, 3.05) is 4.90 Å². The van der Waals surface area contributed by atoms with E-state index in [2.05, 4.69) is 59.3 Å². The first-order chi connectivity index (χ1) is 9.34. The molecule has 3 rings (SSSR count). The standard InChI is InChI=1S/C17H16N2/c1-14-12-17(15-8-4-2-5-9-15)18-13-19(14)16-10-6-3-7-11-16/h2-13,17H,1H3. The zero-order chi connectivity index (χ0) is 13.1. The lowest BCUT2D eigenvalue weighted by atomic mass is 10.1. The van der Waals surface area contributed by atoms with E-state index < -0.39 is 0 Å².